The van der Waals surface area contributed by atoms with Crippen LogP contribution in [0.1, 0.15) is 18.3 Å². The van der Waals surface area contributed by atoms with Crippen LogP contribution in [0.25, 0.3) is 0 Å². The lowest BCUT2D eigenvalue weighted by Crippen LogP contribution is -2.37. The number of benzene rings is 2. The number of nitrogens with zero attached hydrogens (tertiary/aromatic N) is 3. The van der Waals surface area contributed by atoms with Crippen molar-refractivity contribution in [2.45, 2.75) is 23.8 Å². The van der Waals surface area contributed by atoms with Crippen molar-refractivity contribution < 1.29 is 27.2 Å². The van der Waals surface area contributed by atoms with Crippen LogP contribution in [-0.2, 0) is 16.0 Å². The van der Waals surface area contributed by atoms with Crippen LogP contribution in [-0.4, -0.2) is 38.5 Å². The van der Waals surface area contributed by atoms with Crippen LogP contribution in [0.2, 0.25) is 0 Å². The molecule has 0 fully saturated rings. The molecule has 0 unspecified atom stereocenters. The molecule has 1 atom stereocenters. The summed E-state index contributed by atoms with van der Waals surface area (Å²) < 4.78 is 54.8. The van der Waals surface area contributed by atoms with Crippen molar-refractivity contribution in [1.82, 2.24) is 20.2 Å². The summed E-state index contributed by atoms with van der Waals surface area (Å²) in [5, 5.41) is 11.6. The summed E-state index contributed by atoms with van der Waals surface area (Å²) in [5.74, 6) is -0.258. The molecule has 0 saturated carbocycles. The summed E-state index contributed by atoms with van der Waals surface area (Å²) in [6, 6.07) is 7.65. The molecule has 0 saturated heterocycles. The predicted octanol–water partition coefficient (Wildman–Crippen LogP) is 2.37. The van der Waals surface area contributed by atoms with Gasteiger partial charge in [-0.3, -0.25) is 9.59 Å². The van der Waals surface area contributed by atoms with Gasteiger partial charge in [-0.1, -0.05) is 30.0 Å². The number of carbonyl (C=O) groups is 2. The quantitative estimate of drug-likeness (QED) is 0.197. The summed E-state index contributed by atoms with van der Waals surface area (Å²) in [6.07, 6.45) is 0.0953. The normalized spacial score (nSPS) is 11.8. The van der Waals surface area contributed by atoms with Crippen LogP contribution >= 0.6 is 11.8 Å². The molecule has 2 amide bonds. The number of nitrogens with one attached hydrogen (secondary N) is 2. The van der Waals surface area contributed by atoms with E-state index in [-0.39, 0.29) is 17.4 Å². The average molecular weight is 482 g/mol. The molecule has 4 N–H and O–H groups in total. The average Bonchev–Trinajstić information content (AvgIpc) is 3.13. The number of amides is 2. The van der Waals surface area contributed by atoms with E-state index in [1.54, 1.807) is 18.2 Å². The van der Waals surface area contributed by atoms with E-state index in [1.165, 1.54) is 13.0 Å². The maximum absolute atomic E-state index is 13.8. The summed E-state index contributed by atoms with van der Waals surface area (Å²) in [6.45, 7) is 0.980. The van der Waals surface area contributed by atoms with Gasteiger partial charge in [0.25, 0.3) is 0 Å². The number of carbonyl (C=O) groups excluding carboxylic acids is 2. The van der Waals surface area contributed by atoms with Crippen molar-refractivity contribution in [3.05, 3.63) is 71.1 Å². The van der Waals surface area contributed by atoms with E-state index in [1.807, 2.05) is 5.32 Å². The predicted molar refractivity (Wildman–Crippen MR) is 113 cm³/mol. The highest BCUT2D eigenvalue weighted by molar-refractivity contribution is 8.00. The molecule has 0 aliphatic heterocycles. The van der Waals surface area contributed by atoms with Crippen molar-refractivity contribution in [1.29, 1.82) is 0 Å². The van der Waals surface area contributed by atoms with Gasteiger partial charge in [0.05, 0.1) is 17.5 Å². The highest BCUT2D eigenvalue weighted by atomic mass is 32.2. The molecular weight excluding hydrogens is 464 g/mol. The number of halogens is 4. The van der Waals surface area contributed by atoms with Crippen LogP contribution in [0, 0.1) is 23.3 Å². The standard InChI is InChI=1S/C20H18F4N6O2S/c1-10(19(32)26-9-16(31)27-14-7-6-13(22)17(23)18(14)24)33-20-29-28-15(30(20)25)8-11-4-2-3-5-12(11)21/h2-7,10H,8-9,25H2,1H3,(H,26,32)(H,27,31)/t10-/m0/s1. The zero-order chi connectivity index (χ0) is 24.1. The van der Waals surface area contributed by atoms with Crippen molar-refractivity contribution >= 4 is 29.3 Å². The van der Waals surface area contributed by atoms with E-state index in [4.69, 9.17) is 5.84 Å². The number of rotatable bonds is 8. The third-order valence-electron chi connectivity index (χ3n) is 4.43. The van der Waals surface area contributed by atoms with Gasteiger partial charge < -0.3 is 16.5 Å². The molecule has 3 rings (SSSR count). The number of nitrogen functional groups attached to an aromatic ring is 1. The number of aromatic nitrogens is 3. The van der Waals surface area contributed by atoms with Crippen LogP contribution in [0.4, 0.5) is 23.2 Å². The largest absolute Gasteiger partial charge is 0.346 e. The number of hydrogen-bond acceptors (Lipinski definition) is 6. The summed E-state index contributed by atoms with van der Waals surface area (Å²) >= 11 is 0.951. The van der Waals surface area contributed by atoms with Gasteiger partial charge in [-0.15, -0.1) is 10.2 Å². The molecule has 0 aliphatic rings. The van der Waals surface area contributed by atoms with E-state index in [0.717, 1.165) is 22.5 Å². The van der Waals surface area contributed by atoms with Gasteiger partial charge in [0.15, 0.2) is 23.3 Å². The lowest BCUT2D eigenvalue weighted by Gasteiger charge is -2.12. The Bertz CT molecular complexity index is 1190. The van der Waals surface area contributed by atoms with Gasteiger partial charge in [-0.2, -0.15) is 0 Å². The Morgan fingerprint density at radius 1 is 1.06 bits per heavy atom. The molecule has 1 heterocycles. The highest BCUT2D eigenvalue weighted by Gasteiger charge is 2.21. The molecule has 3 aromatic rings. The maximum Gasteiger partial charge on any atom is 0.243 e. The number of nitrogens with two attached hydrogens (primary N) is 1. The van der Waals surface area contributed by atoms with E-state index in [2.05, 4.69) is 15.5 Å². The van der Waals surface area contributed by atoms with Gasteiger partial charge in [-0.05, 0) is 30.7 Å². The summed E-state index contributed by atoms with van der Waals surface area (Å²) in [5.41, 5.74) is -0.184. The first-order valence-electron chi connectivity index (χ1n) is 9.47. The first-order valence-corrected chi connectivity index (χ1v) is 10.4. The minimum absolute atomic E-state index is 0.0953. The van der Waals surface area contributed by atoms with E-state index in [9.17, 15) is 27.2 Å². The zero-order valence-electron chi connectivity index (χ0n) is 17.1. The van der Waals surface area contributed by atoms with E-state index in [0.29, 0.717) is 11.6 Å². The molecule has 0 aliphatic carbocycles. The molecule has 0 bridgehead atoms. The fourth-order valence-electron chi connectivity index (χ4n) is 2.66. The van der Waals surface area contributed by atoms with Crippen LogP contribution < -0.4 is 16.5 Å². The first-order chi connectivity index (χ1) is 15.7. The molecule has 13 heteroatoms. The molecule has 174 valence electrons. The van der Waals surface area contributed by atoms with Crippen LogP contribution in [0.5, 0.6) is 0 Å². The Balaban J connectivity index is 1.54. The third kappa shape index (κ3) is 5.80. The minimum atomic E-state index is -1.72. The lowest BCUT2D eigenvalue weighted by molar-refractivity contribution is -0.123. The molecule has 0 spiro atoms. The van der Waals surface area contributed by atoms with Crippen LogP contribution in [0.15, 0.2) is 41.6 Å². The first kappa shape index (κ1) is 24.0. The van der Waals surface area contributed by atoms with Crippen molar-refractivity contribution in [2.75, 3.05) is 17.7 Å². The number of anilines is 1. The van der Waals surface area contributed by atoms with Crippen molar-refractivity contribution in [3.8, 4) is 0 Å². The molecule has 0 radical (unpaired) electrons. The lowest BCUT2D eigenvalue weighted by atomic mass is 10.1. The third-order valence-corrected chi connectivity index (χ3v) is 5.48. The number of thioether (sulfide) groups is 1. The smallest absolute Gasteiger partial charge is 0.243 e. The summed E-state index contributed by atoms with van der Waals surface area (Å²) in [7, 11) is 0. The van der Waals surface area contributed by atoms with Gasteiger partial charge >= 0.3 is 0 Å². The second kappa shape index (κ2) is 10.3. The fraction of sp³-hybridized carbons (Fsp3) is 0.200. The van der Waals surface area contributed by atoms with Gasteiger partial charge in [-0.25, -0.2) is 22.2 Å². The second-order valence-corrected chi connectivity index (χ2v) is 8.09. The highest BCUT2D eigenvalue weighted by Crippen LogP contribution is 2.22. The minimum Gasteiger partial charge on any atom is -0.346 e. The molecular formula is C20H18F4N6O2S. The maximum atomic E-state index is 13.8. The van der Waals surface area contributed by atoms with Crippen LogP contribution in [0.3, 0.4) is 0 Å². The Morgan fingerprint density at radius 2 is 1.79 bits per heavy atom. The SMILES string of the molecule is C[C@H](Sc1nnc(Cc2ccccc2F)n1N)C(=O)NCC(=O)Nc1ccc(F)c(F)c1F. The molecule has 33 heavy (non-hydrogen) atoms. The van der Waals surface area contributed by atoms with Gasteiger partial charge in [0.1, 0.15) is 5.82 Å². The van der Waals surface area contributed by atoms with Crippen molar-refractivity contribution in [3.63, 3.8) is 0 Å². The second-order valence-electron chi connectivity index (χ2n) is 6.79. The summed E-state index contributed by atoms with van der Waals surface area (Å²) in [4.78, 5) is 24.2. The van der Waals surface area contributed by atoms with Gasteiger partial charge in [0.2, 0.25) is 17.0 Å². The Labute approximate surface area is 189 Å². The van der Waals surface area contributed by atoms with E-state index < -0.39 is 52.6 Å². The van der Waals surface area contributed by atoms with Crippen molar-refractivity contribution in [2.24, 2.45) is 0 Å². The number of hydrogen-bond donors (Lipinski definition) is 3. The molecule has 1 aromatic heterocycles. The molecule has 8 nitrogen and oxygen atoms in total. The Hall–Kier alpha value is -3.61. The molecule has 2 aromatic carbocycles. The van der Waals surface area contributed by atoms with E-state index >= 15 is 0 Å². The Morgan fingerprint density at radius 3 is 2.52 bits per heavy atom. The fourth-order valence-corrected chi connectivity index (χ4v) is 3.47. The Kier molecular flexibility index (Phi) is 7.53. The zero-order valence-corrected chi connectivity index (χ0v) is 17.9. The monoisotopic (exact) mass is 482 g/mol. The topological polar surface area (TPSA) is 115 Å². The van der Waals surface area contributed by atoms with Gasteiger partial charge in [0, 0.05) is 6.42 Å².